The Morgan fingerprint density at radius 2 is 1.32 bits per heavy atom. The van der Waals surface area contributed by atoms with Gasteiger partial charge in [0, 0.05) is 0 Å². The first-order valence-corrected chi connectivity index (χ1v) is 12.3. The van der Waals surface area contributed by atoms with Crippen molar-refractivity contribution in [2.45, 2.75) is 37.5 Å². The molecular weight excluding hydrogens is 463 g/mol. The number of benzene rings is 2. The molecule has 6 nitrogen and oxygen atoms in total. The summed E-state index contributed by atoms with van der Waals surface area (Å²) in [5.41, 5.74) is 1.12. The molecule has 1 unspecified atom stereocenters. The first kappa shape index (κ1) is 25.5. The summed E-state index contributed by atoms with van der Waals surface area (Å²) < 4.78 is 35.0. The Balaban J connectivity index is 2.24. The second kappa shape index (κ2) is 13.6. The molecule has 0 spiro atoms. The third-order valence-corrected chi connectivity index (χ3v) is 6.99. The zero-order chi connectivity index (χ0) is 22.6. The normalized spacial score (nSPS) is 14.0. The van der Waals surface area contributed by atoms with Crippen LogP contribution in [0.5, 0.6) is 17.2 Å². The summed E-state index contributed by atoms with van der Waals surface area (Å²) in [4.78, 5) is 0. The van der Waals surface area contributed by atoms with E-state index in [1.165, 1.54) is 0 Å². The van der Waals surface area contributed by atoms with Gasteiger partial charge in [0.25, 0.3) is 0 Å². The molecular formula is C24H34O6Se. The molecule has 0 aliphatic carbocycles. The predicted molar refractivity (Wildman–Crippen MR) is 123 cm³/mol. The third-order valence-electron chi connectivity index (χ3n) is 4.55. The molecule has 0 bridgehead atoms. The van der Waals surface area contributed by atoms with Crippen LogP contribution in [-0.2, 0) is 14.2 Å². The molecule has 2 rings (SSSR count). The Morgan fingerprint density at radius 3 is 1.77 bits per heavy atom. The molecule has 172 valence electrons. The van der Waals surface area contributed by atoms with E-state index in [4.69, 9.17) is 28.4 Å². The van der Waals surface area contributed by atoms with Crippen molar-refractivity contribution in [2.75, 3.05) is 41.7 Å². The molecule has 0 saturated heterocycles. The van der Waals surface area contributed by atoms with Gasteiger partial charge < -0.3 is 0 Å². The molecule has 0 aliphatic heterocycles. The average molecular weight is 497 g/mol. The van der Waals surface area contributed by atoms with Crippen LogP contribution in [-0.4, -0.2) is 68.8 Å². The topological polar surface area (TPSA) is 55.4 Å². The fraction of sp³-hybridized carbons (Fsp3) is 0.500. The van der Waals surface area contributed by atoms with Crippen LogP contribution in [0.4, 0.5) is 0 Å². The maximum atomic E-state index is 6.19. The molecule has 0 fully saturated rings. The zero-order valence-corrected chi connectivity index (χ0v) is 21.0. The molecule has 0 aromatic heterocycles. The summed E-state index contributed by atoms with van der Waals surface area (Å²) in [7, 11) is 6.76. The SMILES string of the molecule is COC[C@@H](C)Oc1cccc(O[C@H](C)COC)c1[Se]CC(OC)c1ccc(OC)cc1. The van der Waals surface area contributed by atoms with Crippen LogP contribution in [0.15, 0.2) is 42.5 Å². The van der Waals surface area contributed by atoms with Crippen LogP contribution >= 0.6 is 0 Å². The van der Waals surface area contributed by atoms with Crippen molar-refractivity contribution in [3.63, 3.8) is 0 Å². The summed E-state index contributed by atoms with van der Waals surface area (Å²) in [6.45, 7) is 5.03. The van der Waals surface area contributed by atoms with Gasteiger partial charge in [-0.15, -0.1) is 0 Å². The molecule has 0 radical (unpaired) electrons. The maximum absolute atomic E-state index is 6.19. The van der Waals surface area contributed by atoms with Crippen molar-refractivity contribution in [3.8, 4) is 17.2 Å². The van der Waals surface area contributed by atoms with E-state index in [2.05, 4.69) is 0 Å². The Labute approximate surface area is 192 Å². The van der Waals surface area contributed by atoms with Crippen molar-refractivity contribution >= 4 is 19.4 Å². The van der Waals surface area contributed by atoms with Gasteiger partial charge in [0.2, 0.25) is 0 Å². The van der Waals surface area contributed by atoms with Crippen molar-refractivity contribution in [1.29, 1.82) is 0 Å². The van der Waals surface area contributed by atoms with Gasteiger partial charge in [-0.1, -0.05) is 0 Å². The molecule has 2 aromatic carbocycles. The second-order valence-electron chi connectivity index (χ2n) is 7.16. The number of rotatable bonds is 14. The minimum atomic E-state index is -0.0639. The molecule has 0 N–H and O–H groups in total. The van der Waals surface area contributed by atoms with Gasteiger partial charge in [-0.3, -0.25) is 0 Å². The van der Waals surface area contributed by atoms with Gasteiger partial charge in [-0.2, -0.15) is 0 Å². The number of methoxy groups -OCH3 is 4. The first-order valence-electron chi connectivity index (χ1n) is 10.3. The molecule has 0 saturated carbocycles. The molecule has 0 aliphatic rings. The van der Waals surface area contributed by atoms with E-state index in [0.29, 0.717) is 13.2 Å². The molecule has 7 heteroatoms. The first-order chi connectivity index (χ1) is 15.0. The minimum absolute atomic E-state index is 0.0281. The van der Waals surface area contributed by atoms with Crippen molar-refractivity contribution in [3.05, 3.63) is 48.0 Å². The van der Waals surface area contributed by atoms with Crippen molar-refractivity contribution in [1.82, 2.24) is 0 Å². The zero-order valence-electron chi connectivity index (χ0n) is 19.3. The molecule has 3 atom stereocenters. The van der Waals surface area contributed by atoms with Crippen LogP contribution in [0.3, 0.4) is 0 Å². The number of hydrogen-bond donors (Lipinski definition) is 0. The number of hydrogen-bond acceptors (Lipinski definition) is 6. The van der Waals surface area contributed by atoms with Gasteiger partial charge in [0.15, 0.2) is 0 Å². The van der Waals surface area contributed by atoms with Gasteiger partial charge in [-0.05, 0) is 0 Å². The van der Waals surface area contributed by atoms with E-state index in [0.717, 1.165) is 32.6 Å². The summed E-state index contributed by atoms with van der Waals surface area (Å²) in [6, 6.07) is 13.9. The monoisotopic (exact) mass is 498 g/mol. The Kier molecular flexibility index (Phi) is 11.2. The predicted octanol–water partition coefficient (Wildman–Crippen LogP) is 3.66. The Bertz CT molecular complexity index is 735. The van der Waals surface area contributed by atoms with Crippen LogP contribution < -0.4 is 18.7 Å². The van der Waals surface area contributed by atoms with Crippen molar-refractivity contribution in [2.24, 2.45) is 0 Å². The van der Waals surface area contributed by atoms with E-state index in [9.17, 15) is 0 Å². The average Bonchev–Trinajstić information content (AvgIpc) is 2.76. The summed E-state index contributed by atoms with van der Waals surface area (Å²) >= 11 is 0.0477. The summed E-state index contributed by atoms with van der Waals surface area (Å²) in [5.74, 6) is 2.49. The van der Waals surface area contributed by atoms with Gasteiger partial charge in [0.05, 0.1) is 0 Å². The fourth-order valence-corrected chi connectivity index (χ4v) is 5.51. The van der Waals surface area contributed by atoms with Gasteiger partial charge in [-0.25, -0.2) is 0 Å². The van der Waals surface area contributed by atoms with E-state index in [1.807, 2.05) is 56.3 Å². The summed E-state index contributed by atoms with van der Waals surface area (Å²) in [6.07, 6.45) is -0.156. The summed E-state index contributed by atoms with van der Waals surface area (Å²) in [5, 5.41) is 0.837. The van der Waals surface area contributed by atoms with E-state index in [-0.39, 0.29) is 33.3 Å². The van der Waals surface area contributed by atoms with E-state index >= 15 is 0 Å². The molecule has 0 heterocycles. The van der Waals surface area contributed by atoms with E-state index < -0.39 is 0 Å². The Morgan fingerprint density at radius 1 is 0.774 bits per heavy atom. The quantitative estimate of drug-likeness (QED) is 0.372. The standard InChI is InChI=1S/C24H34O6Se/c1-17(14-25-3)29-21-8-7-9-22(30-18(2)15-26-4)24(21)31-16-23(28-6)19-10-12-20(27-5)13-11-19/h7-13,17-18,23H,14-16H2,1-6H3/t17-,18-,23?/m1/s1. The van der Waals surface area contributed by atoms with Crippen molar-refractivity contribution < 1.29 is 28.4 Å². The molecule has 0 amide bonds. The van der Waals surface area contributed by atoms with Crippen LogP contribution in [0.25, 0.3) is 0 Å². The third kappa shape index (κ3) is 8.02. The van der Waals surface area contributed by atoms with E-state index in [1.54, 1.807) is 28.4 Å². The van der Waals surface area contributed by atoms with Gasteiger partial charge in [0.1, 0.15) is 0 Å². The molecule has 2 aromatic rings. The second-order valence-corrected chi connectivity index (χ2v) is 9.32. The van der Waals surface area contributed by atoms with Crippen LogP contribution in [0, 0.1) is 0 Å². The van der Waals surface area contributed by atoms with Crippen LogP contribution in [0.1, 0.15) is 25.5 Å². The van der Waals surface area contributed by atoms with Crippen LogP contribution in [0.2, 0.25) is 5.32 Å². The van der Waals surface area contributed by atoms with Gasteiger partial charge >= 0.3 is 192 Å². The Hall–Kier alpha value is -1.76. The fourth-order valence-electron chi connectivity index (χ4n) is 3.07. The number of ether oxygens (including phenoxy) is 6. The molecule has 31 heavy (non-hydrogen) atoms.